The van der Waals surface area contributed by atoms with Gasteiger partial charge in [0.1, 0.15) is 6.61 Å². The molecule has 0 aliphatic carbocycles. The van der Waals surface area contributed by atoms with E-state index in [0.29, 0.717) is 0 Å². The maximum Gasteiger partial charge on any atom is 0.418 e. The van der Waals surface area contributed by atoms with Crippen molar-refractivity contribution in [2.45, 2.75) is 9.90 Å². The highest BCUT2D eigenvalue weighted by atomic mass is 35.6. The number of hydrogen-bond donors (Lipinski definition) is 0. The van der Waals surface area contributed by atoms with Crippen LogP contribution in [-0.2, 0) is 19.1 Å². The Hall–Kier alpha value is -1.04. The summed E-state index contributed by atoms with van der Waals surface area (Å²) >= 11 is 16.3. The maximum absolute atomic E-state index is 11.6. The molecule has 0 aromatic carbocycles. The van der Waals surface area contributed by atoms with Gasteiger partial charge in [-0.05, 0) is 12.1 Å². The average Bonchev–Trinajstić information content (AvgIpc) is 2.33. The van der Waals surface area contributed by atoms with Gasteiger partial charge in [0.2, 0.25) is 9.90 Å². The Balaban J connectivity index is 2.73. The molecule has 1 aromatic rings. The number of aromatic nitrogens is 1. The minimum Gasteiger partial charge on any atom is -0.458 e. The van der Waals surface area contributed by atoms with E-state index in [1.165, 1.54) is 12.3 Å². The molecule has 0 saturated carbocycles. The minimum absolute atomic E-state index is 0.190. The summed E-state index contributed by atoms with van der Waals surface area (Å²) in [5.74, 6) is -0.900. The zero-order valence-corrected chi connectivity index (χ0v) is 11.1. The minimum atomic E-state index is -1.74. The molecule has 0 fully saturated rings. The molecule has 0 aliphatic rings. The molecule has 0 saturated heterocycles. The van der Waals surface area contributed by atoms with Crippen molar-refractivity contribution in [1.82, 2.24) is 4.98 Å². The van der Waals surface area contributed by atoms with Crippen LogP contribution in [0.3, 0.4) is 0 Å². The van der Waals surface area contributed by atoms with Crippen molar-refractivity contribution in [3.8, 4) is 0 Å². The third-order valence-corrected chi connectivity index (χ3v) is 2.04. The van der Waals surface area contributed by atoms with E-state index in [1.807, 2.05) is 0 Å². The van der Waals surface area contributed by atoms with Crippen molar-refractivity contribution in [2.75, 3.05) is 6.61 Å². The standard InChI is InChI=1S/C10H7Cl3NO4/c11-10(12,13)5-17-9(16)8(18-6-15)7-3-1-2-4-14-7/h1-4,8H,5H2. The Bertz CT molecular complexity index is 407. The molecule has 5 nitrogen and oxygen atoms in total. The van der Waals surface area contributed by atoms with Crippen LogP contribution in [0.1, 0.15) is 11.8 Å². The number of carbonyl (C=O) groups is 1. The molecule has 1 rings (SSSR count). The Morgan fingerprint density at radius 2 is 2.17 bits per heavy atom. The molecule has 8 heteroatoms. The van der Waals surface area contributed by atoms with Crippen LogP contribution < -0.4 is 0 Å². The van der Waals surface area contributed by atoms with Crippen LogP contribution in [0.25, 0.3) is 0 Å². The molecule has 1 heterocycles. The van der Waals surface area contributed by atoms with E-state index in [4.69, 9.17) is 39.5 Å². The van der Waals surface area contributed by atoms with E-state index >= 15 is 0 Å². The van der Waals surface area contributed by atoms with Crippen molar-refractivity contribution in [3.63, 3.8) is 0 Å². The van der Waals surface area contributed by atoms with Crippen LogP contribution in [0.5, 0.6) is 0 Å². The second-order valence-electron chi connectivity index (χ2n) is 3.06. The Morgan fingerprint density at radius 1 is 1.44 bits per heavy atom. The average molecular weight is 312 g/mol. The van der Waals surface area contributed by atoms with E-state index in [2.05, 4.69) is 9.72 Å². The number of hydrogen-bond acceptors (Lipinski definition) is 5. The monoisotopic (exact) mass is 310 g/mol. The first-order valence-electron chi connectivity index (χ1n) is 4.61. The number of alkyl halides is 3. The zero-order valence-electron chi connectivity index (χ0n) is 8.81. The van der Waals surface area contributed by atoms with E-state index in [1.54, 1.807) is 12.1 Å². The van der Waals surface area contributed by atoms with Gasteiger partial charge in [0, 0.05) is 6.20 Å². The second-order valence-corrected chi connectivity index (χ2v) is 5.57. The first kappa shape index (κ1) is 15.0. The predicted molar refractivity (Wildman–Crippen MR) is 65.0 cm³/mol. The summed E-state index contributed by atoms with van der Waals surface area (Å²) in [6, 6.07) is 4.74. The summed E-state index contributed by atoms with van der Waals surface area (Å²) in [4.78, 5) is 25.7. The fraction of sp³-hybridized carbons (Fsp3) is 0.300. The molecule has 97 valence electrons. The van der Waals surface area contributed by atoms with Crippen LogP contribution in [0, 0.1) is 0 Å². The van der Waals surface area contributed by atoms with Gasteiger partial charge in [-0.2, -0.15) is 0 Å². The highest BCUT2D eigenvalue weighted by molar-refractivity contribution is 6.67. The first-order chi connectivity index (χ1) is 8.44. The van der Waals surface area contributed by atoms with Crippen LogP contribution in [-0.4, -0.2) is 27.8 Å². The van der Waals surface area contributed by atoms with Crippen LogP contribution in [0.2, 0.25) is 0 Å². The van der Waals surface area contributed by atoms with Gasteiger partial charge in [0.05, 0.1) is 5.69 Å². The number of rotatable bonds is 5. The van der Waals surface area contributed by atoms with Gasteiger partial charge in [-0.25, -0.2) is 9.59 Å². The Labute approximate surface area is 118 Å². The lowest BCUT2D eigenvalue weighted by atomic mass is 10.2. The Morgan fingerprint density at radius 3 is 2.67 bits per heavy atom. The van der Waals surface area contributed by atoms with Crippen molar-refractivity contribution in [1.29, 1.82) is 0 Å². The fourth-order valence-electron chi connectivity index (χ4n) is 1.04. The fourth-order valence-corrected chi connectivity index (χ4v) is 1.20. The molecule has 0 spiro atoms. The van der Waals surface area contributed by atoms with Crippen molar-refractivity contribution >= 4 is 47.2 Å². The molecule has 1 aromatic heterocycles. The molecule has 0 amide bonds. The predicted octanol–water partition coefficient (Wildman–Crippen LogP) is 2.12. The van der Waals surface area contributed by atoms with Crippen LogP contribution >= 0.6 is 34.8 Å². The summed E-state index contributed by atoms with van der Waals surface area (Å²) in [6.45, 7) is 0.684. The largest absolute Gasteiger partial charge is 0.458 e. The van der Waals surface area contributed by atoms with Crippen molar-refractivity contribution in [3.05, 3.63) is 30.1 Å². The Kier molecular flexibility index (Phi) is 5.65. The van der Waals surface area contributed by atoms with Crippen molar-refractivity contribution in [2.24, 2.45) is 0 Å². The van der Waals surface area contributed by atoms with Gasteiger partial charge >= 0.3 is 12.4 Å². The number of ether oxygens (including phenoxy) is 2. The van der Waals surface area contributed by atoms with E-state index < -0.39 is 22.5 Å². The van der Waals surface area contributed by atoms with Gasteiger partial charge in [-0.15, -0.1) is 0 Å². The zero-order chi connectivity index (χ0) is 13.6. The molecular weight excluding hydrogens is 304 g/mol. The van der Waals surface area contributed by atoms with E-state index in [-0.39, 0.29) is 5.69 Å². The summed E-state index contributed by atoms with van der Waals surface area (Å²) in [6.07, 6.45) is 0.0923. The topological polar surface area (TPSA) is 65.5 Å². The van der Waals surface area contributed by atoms with Gasteiger partial charge < -0.3 is 9.47 Å². The molecule has 1 radical (unpaired) electrons. The molecule has 0 bridgehead atoms. The third-order valence-electron chi connectivity index (χ3n) is 1.71. The van der Waals surface area contributed by atoms with Crippen LogP contribution in [0.4, 0.5) is 0 Å². The molecule has 0 N–H and O–H groups in total. The molecule has 1 unspecified atom stereocenters. The highest BCUT2D eigenvalue weighted by Crippen LogP contribution is 2.27. The summed E-state index contributed by atoms with van der Waals surface area (Å²) in [5, 5.41) is 0. The van der Waals surface area contributed by atoms with Gasteiger partial charge in [-0.3, -0.25) is 4.98 Å². The third kappa shape index (κ3) is 5.08. The van der Waals surface area contributed by atoms with Gasteiger partial charge in [-0.1, -0.05) is 40.9 Å². The lowest BCUT2D eigenvalue weighted by molar-refractivity contribution is -0.153. The van der Waals surface area contributed by atoms with E-state index in [0.717, 1.165) is 6.47 Å². The number of carbonyl (C=O) groups excluding carboxylic acids is 2. The number of halogens is 3. The molecular formula is C10H7Cl3NO4. The SMILES string of the molecule is O=[C]OC(C(=O)OCC(Cl)(Cl)Cl)c1ccccn1. The summed E-state index contributed by atoms with van der Waals surface area (Å²) in [5.41, 5.74) is 0.190. The second kappa shape index (κ2) is 6.78. The quantitative estimate of drug-likeness (QED) is 0.615. The van der Waals surface area contributed by atoms with Gasteiger partial charge in [0.25, 0.3) is 0 Å². The van der Waals surface area contributed by atoms with Crippen molar-refractivity contribution < 1.29 is 19.1 Å². The van der Waals surface area contributed by atoms with Crippen LogP contribution in [0.15, 0.2) is 24.4 Å². The molecule has 1 atom stereocenters. The number of nitrogens with zero attached hydrogens (tertiary/aromatic N) is 1. The summed E-state index contributed by atoms with van der Waals surface area (Å²) in [7, 11) is 0. The smallest absolute Gasteiger partial charge is 0.418 e. The van der Waals surface area contributed by atoms with Gasteiger partial charge in [0.15, 0.2) is 0 Å². The molecule has 18 heavy (non-hydrogen) atoms. The molecule has 0 aliphatic heterocycles. The number of pyridine rings is 1. The van der Waals surface area contributed by atoms with E-state index in [9.17, 15) is 9.59 Å². The lowest BCUT2D eigenvalue weighted by Gasteiger charge is -2.15. The highest BCUT2D eigenvalue weighted by Gasteiger charge is 2.29. The normalized spacial score (nSPS) is 12.6. The first-order valence-corrected chi connectivity index (χ1v) is 5.74. The summed E-state index contributed by atoms with van der Waals surface area (Å²) < 4.78 is 7.44. The lowest BCUT2D eigenvalue weighted by Crippen LogP contribution is -2.24. The number of esters is 1. The maximum atomic E-state index is 11.6.